The standard InChI is InChI=1S/C38H46Cl2N2O2/c1-4-23-38(41(3)30(2)43,32-19-12-9-13-20-32)26-15-7-5-6-14-24-37(33-21-22-34(39)35(40)28-33)25-16-27-42(29-37)36(44)31-17-10-8-11-18-31/h5,7-13,17-22,28H,4,6,14-16,23-27,29H2,1-3H3. The summed E-state index contributed by atoms with van der Waals surface area (Å²) in [6.45, 7) is 5.26. The Morgan fingerprint density at radius 3 is 2.27 bits per heavy atom. The minimum Gasteiger partial charge on any atom is -0.338 e. The molecule has 2 amide bonds. The molecule has 1 aliphatic heterocycles. The first-order chi connectivity index (χ1) is 21.2. The largest absolute Gasteiger partial charge is 0.338 e. The second-order valence-electron chi connectivity index (χ2n) is 12.2. The van der Waals surface area contributed by atoms with Crippen molar-refractivity contribution in [3.05, 3.63) is 118 Å². The Morgan fingerprint density at radius 2 is 1.61 bits per heavy atom. The lowest BCUT2D eigenvalue weighted by molar-refractivity contribution is -0.134. The fourth-order valence-corrected chi connectivity index (χ4v) is 7.30. The number of hydrogen-bond acceptors (Lipinski definition) is 2. The van der Waals surface area contributed by atoms with Gasteiger partial charge in [-0.05, 0) is 86.8 Å². The predicted octanol–water partition coefficient (Wildman–Crippen LogP) is 9.85. The summed E-state index contributed by atoms with van der Waals surface area (Å²) in [7, 11) is 1.94. The Hall–Kier alpha value is -3.08. The van der Waals surface area contributed by atoms with E-state index >= 15 is 0 Å². The van der Waals surface area contributed by atoms with E-state index in [0.29, 0.717) is 16.6 Å². The van der Waals surface area contributed by atoms with Crippen molar-refractivity contribution in [2.24, 2.45) is 0 Å². The molecule has 1 saturated heterocycles. The number of likely N-dealkylation sites (tertiary alicyclic amines) is 1. The number of allylic oxidation sites excluding steroid dienone is 2. The molecule has 0 spiro atoms. The van der Waals surface area contributed by atoms with Crippen molar-refractivity contribution in [3.8, 4) is 0 Å². The van der Waals surface area contributed by atoms with Crippen molar-refractivity contribution in [2.75, 3.05) is 20.1 Å². The van der Waals surface area contributed by atoms with Crippen molar-refractivity contribution in [1.29, 1.82) is 0 Å². The van der Waals surface area contributed by atoms with Crippen LogP contribution in [0.4, 0.5) is 0 Å². The van der Waals surface area contributed by atoms with Crippen LogP contribution in [0.2, 0.25) is 10.0 Å². The fourth-order valence-electron chi connectivity index (χ4n) is 7.00. The molecule has 0 N–H and O–H groups in total. The number of unbranched alkanes of at least 4 members (excludes halogenated alkanes) is 1. The molecule has 0 bridgehead atoms. The zero-order valence-electron chi connectivity index (χ0n) is 26.4. The molecule has 1 heterocycles. The molecule has 1 aliphatic rings. The molecule has 1 fully saturated rings. The van der Waals surface area contributed by atoms with Gasteiger partial charge in [0.15, 0.2) is 0 Å². The third-order valence-electron chi connectivity index (χ3n) is 9.42. The Kier molecular flexibility index (Phi) is 12.1. The number of carbonyl (C=O) groups is 2. The van der Waals surface area contributed by atoms with Crippen LogP contribution in [0.25, 0.3) is 0 Å². The van der Waals surface area contributed by atoms with Crippen LogP contribution in [-0.2, 0) is 15.7 Å². The Morgan fingerprint density at radius 1 is 0.932 bits per heavy atom. The number of benzene rings is 3. The van der Waals surface area contributed by atoms with Gasteiger partial charge in [-0.1, -0.05) is 103 Å². The van der Waals surface area contributed by atoms with Gasteiger partial charge in [-0.15, -0.1) is 0 Å². The van der Waals surface area contributed by atoms with Crippen LogP contribution in [0.15, 0.2) is 91.0 Å². The first kappa shape index (κ1) is 33.8. The molecule has 0 saturated carbocycles. The maximum absolute atomic E-state index is 13.5. The predicted molar refractivity (Wildman–Crippen MR) is 183 cm³/mol. The molecule has 0 aromatic heterocycles. The van der Waals surface area contributed by atoms with E-state index in [4.69, 9.17) is 23.2 Å². The Balaban J connectivity index is 1.45. The number of nitrogens with zero attached hydrogens (tertiary/aromatic N) is 2. The van der Waals surface area contributed by atoms with E-state index in [1.54, 1.807) is 6.92 Å². The molecule has 4 rings (SSSR count). The zero-order valence-corrected chi connectivity index (χ0v) is 27.9. The molecule has 0 aliphatic carbocycles. The first-order valence-corrected chi connectivity index (χ1v) is 16.7. The summed E-state index contributed by atoms with van der Waals surface area (Å²) >= 11 is 12.8. The maximum atomic E-state index is 13.5. The number of halogens is 2. The van der Waals surface area contributed by atoms with Crippen molar-refractivity contribution >= 4 is 35.0 Å². The van der Waals surface area contributed by atoms with Crippen LogP contribution >= 0.6 is 23.2 Å². The molecule has 6 heteroatoms. The highest BCUT2D eigenvalue weighted by Crippen LogP contribution is 2.41. The van der Waals surface area contributed by atoms with Gasteiger partial charge >= 0.3 is 0 Å². The molecule has 2 unspecified atom stereocenters. The molecule has 234 valence electrons. The second kappa shape index (κ2) is 15.8. The number of amides is 2. The van der Waals surface area contributed by atoms with Gasteiger partial charge in [0, 0.05) is 38.0 Å². The molecule has 0 radical (unpaired) electrons. The van der Waals surface area contributed by atoms with Crippen molar-refractivity contribution < 1.29 is 9.59 Å². The van der Waals surface area contributed by atoms with Gasteiger partial charge in [-0.25, -0.2) is 0 Å². The topological polar surface area (TPSA) is 40.6 Å². The van der Waals surface area contributed by atoms with Gasteiger partial charge in [0.1, 0.15) is 0 Å². The number of carbonyl (C=O) groups excluding carboxylic acids is 2. The molecule has 3 aromatic rings. The Bertz CT molecular complexity index is 1410. The lowest BCUT2D eigenvalue weighted by Crippen LogP contribution is -2.48. The SMILES string of the molecule is CCCC(CCC=CCCCC1(c2ccc(Cl)c(Cl)c2)CCCN(C(=O)c2ccccc2)C1)(c1ccccc1)N(C)C(C)=O. The first-order valence-electron chi connectivity index (χ1n) is 16.0. The van der Waals surface area contributed by atoms with Gasteiger partial charge in [-0.3, -0.25) is 9.59 Å². The van der Waals surface area contributed by atoms with E-state index in [0.717, 1.165) is 75.5 Å². The monoisotopic (exact) mass is 632 g/mol. The number of hydrogen-bond donors (Lipinski definition) is 0. The van der Waals surface area contributed by atoms with E-state index in [2.05, 4.69) is 49.4 Å². The third-order valence-corrected chi connectivity index (χ3v) is 10.2. The van der Waals surface area contributed by atoms with E-state index in [1.165, 1.54) is 5.56 Å². The summed E-state index contributed by atoms with van der Waals surface area (Å²) in [5, 5.41) is 1.10. The summed E-state index contributed by atoms with van der Waals surface area (Å²) in [6.07, 6.45) is 13.1. The molecular formula is C38H46Cl2N2O2. The summed E-state index contributed by atoms with van der Waals surface area (Å²) in [6, 6.07) is 26.0. The van der Waals surface area contributed by atoms with Crippen LogP contribution < -0.4 is 0 Å². The average molecular weight is 634 g/mol. The maximum Gasteiger partial charge on any atom is 0.253 e. The summed E-state index contributed by atoms with van der Waals surface area (Å²) in [5.41, 5.74) is 2.58. The Labute approximate surface area is 274 Å². The summed E-state index contributed by atoms with van der Waals surface area (Å²) in [4.78, 5) is 30.0. The van der Waals surface area contributed by atoms with E-state index in [9.17, 15) is 9.59 Å². The van der Waals surface area contributed by atoms with Crippen LogP contribution in [0.1, 0.15) is 93.1 Å². The van der Waals surface area contributed by atoms with E-state index in [1.807, 2.05) is 65.4 Å². The van der Waals surface area contributed by atoms with Crippen molar-refractivity contribution in [3.63, 3.8) is 0 Å². The minimum absolute atomic E-state index is 0.0825. The van der Waals surface area contributed by atoms with Crippen LogP contribution in [-0.4, -0.2) is 41.8 Å². The number of piperidine rings is 1. The smallest absolute Gasteiger partial charge is 0.253 e. The van der Waals surface area contributed by atoms with E-state index in [-0.39, 0.29) is 22.8 Å². The molecular weight excluding hydrogens is 587 g/mol. The molecule has 3 aromatic carbocycles. The lowest BCUT2D eigenvalue weighted by Gasteiger charge is -2.44. The normalized spacial score (nSPS) is 18.2. The molecule has 44 heavy (non-hydrogen) atoms. The van der Waals surface area contributed by atoms with Gasteiger partial charge < -0.3 is 9.80 Å². The quantitative estimate of drug-likeness (QED) is 0.139. The number of rotatable bonds is 13. The highest BCUT2D eigenvalue weighted by Gasteiger charge is 2.39. The highest BCUT2D eigenvalue weighted by atomic mass is 35.5. The van der Waals surface area contributed by atoms with Crippen LogP contribution in [0, 0.1) is 0 Å². The summed E-state index contributed by atoms with van der Waals surface area (Å²) in [5.74, 6) is 0.172. The lowest BCUT2D eigenvalue weighted by atomic mass is 9.70. The highest BCUT2D eigenvalue weighted by molar-refractivity contribution is 6.42. The van der Waals surface area contributed by atoms with Gasteiger partial charge in [0.2, 0.25) is 5.91 Å². The third kappa shape index (κ3) is 7.95. The minimum atomic E-state index is -0.319. The van der Waals surface area contributed by atoms with Crippen LogP contribution in [0.5, 0.6) is 0 Å². The van der Waals surface area contributed by atoms with Crippen molar-refractivity contribution in [1.82, 2.24) is 9.80 Å². The zero-order chi connectivity index (χ0) is 31.6. The summed E-state index contributed by atoms with van der Waals surface area (Å²) < 4.78 is 0. The van der Waals surface area contributed by atoms with E-state index < -0.39 is 0 Å². The fraction of sp³-hybridized carbons (Fsp3) is 0.421. The van der Waals surface area contributed by atoms with Gasteiger partial charge in [-0.2, -0.15) is 0 Å². The van der Waals surface area contributed by atoms with Gasteiger partial charge in [0.05, 0.1) is 15.6 Å². The molecule has 2 atom stereocenters. The van der Waals surface area contributed by atoms with Gasteiger partial charge in [0.25, 0.3) is 5.91 Å². The van der Waals surface area contributed by atoms with Crippen LogP contribution in [0.3, 0.4) is 0 Å². The molecule has 4 nitrogen and oxygen atoms in total. The van der Waals surface area contributed by atoms with Crippen molar-refractivity contribution in [2.45, 2.75) is 82.6 Å². The second-order valence-corrected chi connectivity index (χ2v) is 13.0. The average Bonchev–Trinajstić information content (AvgIpc) is 3.05.